The Labute approximate surface area is 237 Å². The highest BCUT2D eigenvalue weighted by molar-refractivity contribution is 5.97. The molecule has 1 aliphatic heterocycles. The second-order valence-electron chi connectivity index (χ2n) is 10.4. The minimum absolute atomic E-state index is 0.0655. The molecule has 1 atom stereocenters. The molecule has 3 heterocycles. The summed E-state index contributed by atoms with van der Waals surface area (Å²) in [6.07, 6.45) is 3.50. The van der Waals surface area contributed by atoms with E-state index in [1.54, 1.807) is 39.8 Å². The van der Waals surface area contributed by atoms with Crippen LogP contribution in [0.2, 0.25) is 0 Å². The highest BCUT2D eigenvalue weighted by Crippen LogP contribution is 2.29. The fourth-order valence-electron chi connectivity index (χ4n) is 5.24. The predicted octanol–water partition coefficient (Wildman–Crippen LogP) is 3.57. The topological polar surface area (TPSA) is 144 Å². The lowest BCUT2D eigenvalue weighted by atomic mass is 10.0. The Bertz CT molecular complexity index is 1700. The van der Waals surface area contributed by atoms with Crippen LogP contribution in [0, 0.1) is 11.3 Å². The van der Waals surface area contributed by atoms with E-state index in [4.69, 9.17) is 10.5 Å². The van der Waals surface area contributed by atoms with Gasteiger partial charge in [-0.25, -0.2) is 14.8 Å². The lowest BCUT2D eigenvalue weighted by Gasteiger charge is -2.23. The summed E-state index contributed by atoms with van der Waals surface area (Å²) in [6, 6.07) is 18.2. The largest absolute Gasteiger partial charge is 0.457 e. The molecule has 1 aliphatic rings. The Morgan fingerprint density at radius 1 is 1.17 bits per heavy atom. The highest BCUT2D eigenvalue weighted by Gasteiger charge is 2.33. The standard InChI is InChI=1S/C30H32N8O3/c1-4-35-30(2,3)16-20(17-31)28(39)36-15-14-22(18-36)38-27-25(26(32)33-19-34-27)37(29(38)40)21-10-12-24(13-11-21)41-23-8-6-5-7-9-23/h5-13,16,19,22,35H,4,14-15,18H2,1-3H3,(H2,32,33,34)/t22-/m0/s1. The van der Waals surface area contributed by atoms with Crippen molar-refractivity contribution in [3.05, 3.63) is 83.1 Å². The number of nitrogens with zero attached hydrogens (tertiary/aromatic N) is 6. The van der Waals surface area contributed by atoms with Gasteiger partial charge in [0.25, 0.3) is 5.91 Å². The summed E-state index contributed by atoms with van der Waals surface area (Å²) in [4.78, 5) is 37.4. The molecule has 0 spiro atoms. The molecule has 11 heteroatoms. The summed E-state index contributed by atoms with van der Waals surface area (Å²) in [6.45, 7) is 7.13. The van der Waals surface area contributed by atoms with Gasteiger partial charge in [0.2, 0.25) is 0 Å². The van der Waals surface area contributed by atoms with Crippen LogP contribution in [0.15, 0.2) is 77.4 Å². The van der Waals surface area contributed by atoms with Crippen LogP contribution in [0.3, 0.4) is 0 Å². The fourth-order valence-corrected chi connectivity index (χ4v) is 5.24. The number of nitriles is 1. The summed E-state index contributed by atoms with van der Waals surface area (Å²) >= 11 is 0. The second-order valence-corrected chi connectivity index (χ2v) is 10.4. The predicted molar refractivity (Wildman–Crippen MR) is 156 cm³/mol. The lowest BCUT2D eigenvalue weighted by Crippen LogP contribution is -2.39. The van der Waals surface area contributed by atoms with Gasteiger partial charge in [-0.2, -0.15) is 5.26 Å². The monoisotopic (exact) mass is 552 g/mol. The Kier molecular flexibility index (Phi) is 7.59. The summed E-state index contributed by atoms with van der Waals surface area (Å²) in [5, 5.41) is 13.0. The van der Waals surface area contributed by atoms with E-state index >= 15 is 0 Å². The smallest absolute Gasteiger partial charge is 0.335 e. The van der Waals surface area contributed by atoms with Crippen LogP contribution < -0.4 is 21.5 Å². The molecule has 210 valence electrons. The van der Waals surface area contributed by atoms with Gasteiger partial charge in [0.1, 0.15) is 35.0 Å². The number of ether oxygens (including phenoxy) is 1. The normalized spacial score (nSPS) is 15.7. The lowest BCUT2D eigenvalue weighted by molar-refractivity contribution is -0.125. The van der Waals surface area contributed by atoms with Gasteiger partial charge < -0.3 is 20.7 Å². The first kappa shape index (κ1) is 27.6. The van der Waals surface area contributed by atoms with Crippen molar-refractivity contribution >= 4 is 22.9 Å². The van der Waals surface area contributed by atoms with Crippen molar-refractivity contribution in [3.63, 3.8) is 0 Å². The first-order valence-corrected chi connectivity index (χ1v) is 13.5. The second kappa shape index (κ2) is 11.3. The number of rotatable bonds is 8. The highest BCUT2D eigenvalue weighted by atomic mass is 16.5. The molecule has 0 bridgehead atoms. The molecule has 5 rings (SSSR count). The third kappa shape index (κ3) is 5.55. The number of likely N-dealkylation sites (N-methyl/N-ethyl adjacent to an activating group) is 1. The van der Waals surface area contributed by atoms with E-state index in [1.807, 2.05) is 51.1 Å². The average molecular weight is 553 g/mol. The van der Waals surface area contributed by atoms with Crippen molar-refractivity contribution < 1.29 is 9.53 Å². The number of carbonyl (C=O) groups excluding carboxylic acids is 1. The maximum absolute atomic E-state index is 13.9. The zero-order valence-electron chi connectivity index (χ0n) is 23.2. The molecule has 0 aliphatic carbocycles. The zero-order chi connectivity index (χ0) is 29.1. The van der Waals surface area contributed by atoms with Gasteiger partial charge in [-0.1, -0.05) is 25.1 Å². The molecule has 1 amide bonds. The fraction of sp³-hybridized carbons (Fsp3) is 0.300. The van der Waals surface area contributed by atoms with Crippen molar-refractivity contribution in [3.8, 4) is 23.3 Å². The number of hydrogen-bond acceptors (Lipinski definition) is 8. The van der Waals surface area contributed by atoms with Crippen molar-refractivity contribution in [1.29, 1.82) is 5.26 Å². The number of aromatic nitrogens is 4. The number of nitrogen functional groups attached to an aromatic ring is 1. The van der Waals surface area contributed by atoms with Crippen LogP contribution >= 0.6 is 0 Å². The van der Waals surface area contributed by atoms with Crippen molar-refractivity contribution in [1.82, 2.24) is 29.3 Å². The number of nitrogens with two attached hydrogens (primary N) is 1. The molecule has 1 fully saturated rings. The van der Waals surface area contributed by atoms with E-state index in [2.05, 4.69) is 21.4 Å². The Morgan fingerprint density at radius 2 is 1.88 bits per heavy atom. The Morgan fingerprint density at radius 3 is 2.56 bits per heavy atom. The van der Waals surface area contributed by atoms with Gasteiger partial charge in [-0.3, -0.25) is 13.9 Å². The van der Waals surface area contributed by atoms with Crippen LogP contribution in [0.5, 0.6) is 11.5 Å². The van der Waals surface area contributed by atoms with Crippen LogP contribution in [-0.2, 0) is 4.79 Å². The first-order valence-electron chi connectivity index (χ1n) is 13.5. The third-order valence-electron chi connectivity index (χ3n) is 7.06. The van der Waals surface area contributed by atoms with Crippen LogP contribution in [0.4, 0.5) is 5.82 Å². The quantitative estimate of drug-likeness (QED) is 0.249. The summed E-state index contributed by atoms with van der Waals surface area (Å²) < 4.78 is 8.96. The number of para-hydroxylation sites is 1. The molecule has 0 unspecified atom stereocenters. The third-order valence-corrected chi connectivity index (χ3v) is 7.06. The van der Waals surface area contributed by atoms with Crippen LogP contribution in [-0.4, -0.2) is 55.1 Å². The van der Waals surface area contributed by atoms with Gasteiger partial charge in [0, 0.05) is 18.6 Å². The minimum atomic E-state index is -0.519. The number of anilines is 1. The van der Waals surface area contributed by atoms with Gasteiger partial charge in [0.15, 0.2) is 11.5 Å². The number of likely N-dealkylation sites (tertiary alicyclic amines) is 1. The maximum atomic E-state index is 13.9. The van der Waals surface area contributed by atoms with E-state index in [9.17, 15) is 14.9 Å². The maximum Gasteiger partial charge on any atom is 0.335 e. The molecule has 41 heavy (non-hydrogen) atoms. The number of imidazole rings is 1. The van der Waals surface area contributed by atoms with E-state index in [1.165, 1.54) is 10.9 Å². The Hall–Kier alpha value is -4.95. The number of benzene rings is 2. The van der Waals surface area contributed by atoms with Crippen LogP contribution in [0.1, 0.15) is 33.2 Å². The van der Waals surface area contributed by atoms with Crippen molar-refractivity contribution in [2.24, 2.45) is 0 Å². The molecule has 0 saturated carbocycles. The van der Waals surface area contributed by atoms with E-state index in [0.717, 1.165) is 0 Å². The molecule has 4 aromatic rings. The number of hydrogen-bond donors (Lipinski definition) is 2. The average Bonchev–Trinajstić information content (AvgIpc) is 3.55. The number of carbonyl (C=O) groups is 1. The molecule has 0 radical (unpaired) electrons. The molecule has 3 N–H and O–H groups in total. The van der Waals surface area contributed by atoms with E-state index in [0.29, 0.717) is 47.9 Å². The number of amides is 1. The zero-order valence-corrected chi connectivity index (χ0v) is 23.2. The SMILES string of the molecule is CCNC(C)(C)C=C(C#N)C(=O)N1CC[C@H](n2c(=O)n(-c3ccc(Oc4ccccc4)cc3)c3c(N)ncnc32)C1. The van der Waals surface area contributed by atoms with E-state index < -0.39 is 5.54 Å². The summed E-state index contributed by atoms with van der Waals surface area (Å²) in [5.41, 5.74) is 6.82. The molecule has 11 nitrogen and oxygen atoms in total. The number of nitrogens with one attached hydrogen (secondary N) is 1. The minimum Gasteiger partial charge on any atom is -0.457 e. The van der Waals surface area contributed by atoms with Gasteiger partial charge in [0.05, 0.1) is 11.7 Å². The van der Waals surface area contributed by atoms with Gasteiger partial charge in [-0.15, -0.1) is 0 Å². The van der Waals surface area contributed by atoms with Crippen molar-refractivity contribution in [2.75, 3.05) is 25.4 Å². The molecular weight excluding hydrogens is 520 g/mol. The Balaban J connectivity index is 1.46. The molecule has 1 saturated heterocycles. The van der Waals surface area contributed by atoms with Crippen molar-refractivity contribution in [2.45, 2.75) is 38.8 Å². The number of fused-ring (bicyclic) bond motifs is 1. The van der Waals surface area contributed by atoms with Gasteiger partial charge in [-0.05, 0) is 69.3 Å². The molecule has 2 aromatic heterocycles. The van der Waals surface area contributed by atoms with E-state index in [-0.39, 0.29) is 35.6 Å². The van der Waals surface area contributed by atoms with Gasteiger partial charge >= 0.3 is 5.69 Å². The first-order chi connectivity index (χ1) is 19.7. The molecule has 2 aromatic carbocycles. The summed E-state index contributed by atoms with van der Waals surface area (Å²) in [5.74, 6) is 1.12. The van der Waals surface area contributed by atoms with Crippen LogP contribution in [0.25, 0.3) is 16.9 Å². The molecular formula is C30H32N8O3. The summed E-state index contributed by atoms with van der Waals surface area (Å²) in [7, 11) is 0.